The highest BCUT2D eigenvalue weighted by molar-refractivity contribution is 5.78. The number of rotatable bonds is 5. The van der Waals surface area contributed by atoms with Gasteiger partial charge in [0.2, 0.25) is 5.91 Å². The second-order valence-electron chi connectivity index (χ2n) is 5.34. The average Bonchev–Trinajstić information content (AvgIpc) is 2.36. The predicted octanol–water partition coefficient (Wildman–Crippen LogP) is 1.58. The number of ether oxygens (including phenoxy) is 1. The third-order valence-electron chi connectivity index (χ3n) is 3.74. The van der Waals surface area contributed by atoms with Crippen LogP contribution in [0.5, 0.6) is 5.75 Å². The van der Waals surface area contributed by atoms with E-state index in [9.17, 15) is 9.90 Å². The molecular weight excluding hydrogens is 242 g/mol. The van der Waals surface area contributed by atoms with Crippen LogP contribution in [0.1, 0.15) is 30.4 Å². The van der Waals surface area contributed by atoms with Gasteiger partial charge in [-0.15, -0.1) is 0 Å². The molecule has 0 spiro atoms. The van der Waals surface area contributed by atoms with Gasteiger partial charge >= 0.3 is 0 Å². The number of carbonyl (C=O) groups excluding carboxylic acids is 1. The van der Waals surface area contributed by atoms with E-state index >= 15 is 0 Å². The molecular formula is C15H21NO3. The SMILES string of the molecule is COc1cc(CC(=O)NCC2(O)CCC2)ccc1C. The molecule has 0 unspecified atom stereocenters. The fourth-order valence-corrected chi connectivity index (χ4v) is 2.25. The van der Waals surface area contributed by atoms with Crippen molar-refractivity contribution in [3.05, 3.63) is 29.3 Å². The Balaban J connectivity index is 1.88. The van der Waals surface area contributed by atoms with Crippen molar-refractivity contribution < 1.29 is 14.6 Å². The van der Waals surface area contributed by atoms with Gasteiger partial charge in [0.05, 0.1) is 19.1 Å². The second-order valence-corrected chi connectivity index (χ2v) is 5.34. The summed E-state index contributed by atoms with van der Waals surface area (Å²) in [7, 11) is 1.62. The van der Waals surface area contributed by atoms with E-state index in [1.54, 1.807) is 7.11 Å². The van der Waals surface area contributed by atoms with E-state index in [0.29, 0.717) is 13.0 Å². The van der Waals surface area contributed by atoms with Crippen LogP contribution in [-0.4, -0.2) is 30.3 Å². The summed E-state index contributed by atoms with van der Waals surface area (Å²) in [5.41, 5.74) is 1.30. The summed E-state index contributed by atoms with van der Waals surface area (Å²) in [6.07, 6.45) is 2.92. The summed E-state index contributed by atoms with van der Waals surface area (Å²) in [6.45, 7) is 2.32. The molecule has 2 rings (SSSR count). The van der Waals surface area contributed by atoms with Gasteiger partial charge in [0.15, 0.2) is 0 Å². The van der Waals surface area contributed by atoms with Crippen LogP contribution in [0, 0.1) is 6.92 Å². The number of hydrogen-bond acceptors (Lipinski definition) is 3. The third kappa shape index (κ3) is 3.47. The standard InChI is InChI=1S/C15H21NO3/c1-11-4-5-12(8-13(11)19-2)9-14(17)16-10-15(18)6-3-7-15/h4-5,8,18H,3,6-7,9-10H2,1-2H3,(H,16,17). The van der Waals surface area contributed by atoms with Gasteiger partial charge in [0.25, 0.3) is 0 Å². The summed E-state index contributed by atoms with van der Waals surface area (Å²) >= 11 is 0. The molecule has 0 saturated heterocycles. The molecule has 2 N–H and O–H groups in total. The summed E-state index contributed by atoms with van der Waals surface area (Å²) in [5, 5.41) is 12.7. The molecule has 1 amide bonds. The summed E-state index contributed by atoms with van der Waals surface area (Å²) in [4.78, 5) is 11.8. The van der Waals surface area contributed by atoms with Crippen LogP contribution in [-0.2, 0) is 11.2 Å². The van der Waals surface area contributed by atoms with Crippen LogP contribution in [0.15, 0.2) is 18.2 Å². The molecule has 1 aliphatic carbocycles. The van der Waals surface area contributed by atoms with Crippen molar-refractivity contribution in [3.8, 4) is 5.75 Å². The first-order chi connectivity index (χ1) is 9.02. The predicted molar refractivity (Wildman–Crippen MR) is 73.2 cm³/mol. The topological polar surface area (TPSA) is 58.6 Å². The zero-order chi connectivity index (χ0) is 13.9. The zero-order valence-corrected chi connectivity index (χ0v) is 11.5. The van der Waals surface area contributed by atoms with E-state index in [4.69, 9.17) is 4.74 Å². The Kier molecular flexibility index (Phi) is 4.10. The molecule has 1 fully saturated rings. The van der Waals surface area contributed by atoms with Gasteiger partial charge in [-0.2, -0.15) is 0 Å². The summed E-state index contributed by atoms with van der Waals surface area (Å²) in [6, 6.07) is 5.75. The number of hydrogen-bond donors (Lipinski definition) is 2. The molecule has 0 atom stereocenters. The normalized spacial score (nSPS) is 16.6. The quantitative estimate of drug-likeness (QED) is 0.848. The van der Waals surface area contributed by atoms with Gasteiger partial charge in [0.1, 0.15) is 5.75 Å². The van der Waals surface area contributed by atoms with Crippen LogP contribution in [0.4, 0.5) is 0 Å². The molecule has 1 aliphatic rings. The first-order valence-corrected chi connectivity index (χ1v) is 6.65. The third-order valence-corrected chi connectivity index (χ3v) is 3.74. The van der Waals surface area contributed by atoms with Crippen LogP contribution >= 0.6 is 0 Å². The number of nitrogens with one attached hydrogen (secondary N) is 1. The Morgan fingerprint density at radius 2 is 2.21 bits per heavy atom. The Labute approximate surface area is 113 Å². The Bertz CT molecular complexity index is 466. The molecule has 1 aromatic rings. The molecule has 0 heterocycles. The lowest BCUT2D eigenvalue weighted by atomic mass is 9.80. The lowest BCUT2D eigenvalue weighted by Gasteiger charge is -2.36. The van der Waals surface area contributed by atoms with Crippen molar-refractivity contribution in [2.24, 2.45) is 0 Å². The highest BCUT2D eigenvalue weighted by Gasteiger charge is 2.34. The number of amides is 1. The first-order valence-electron chi connectivity index (χ1n) is 6.65. The van der Waals surface area contributed by atoms with Crippen molar-refractivity contribution in [1.29, 1.82) is 0 Å². The Hall–Kier alpha value is -1.55. The molecule has 0 aliphatic heterocycles. The monoisotopic (exact) mass is 263 g/mol. The summed E-state index contributed by atoms with van der Waals surface area (Å²) < 4.78 is 5.24. The number of methoxy groups -OCH3 is 1. The maximum absolute atomic E-state index is 11.8. The molecule has 0 bridgehead atoms. The molecule has 4 heteroatoms. The number of benzene rings is 1. The highest BCUT2D eigenvalue weighted by Crippen LogP contribution is 2.30. The van der Waals surface area contributed by atoms with Crippen molar-refractivity contribution in [2.45, 2.75) is 38.2 Å². The Morgan fingerprint density at radius 1 is 1.47 bits per heavy atom. The fourth-order valence-electron chi connectivity index (χ4n) is 2.25. The van der Waals surface area contributed by atoms with E-state index in [2.05, 4.69) is 5.32 Å². The van der Waals surface area contributed by atoms with Crippen LogP contribution < -0.4 is 10.1 Å². The van der Waals surface area contributed by atoms with Gasteiger partial charge in [-0.25, -0.2) is 0 Å². The van der Waals surface area contributed by atoms with Crippen LogP contribution in [0.3, 0.4) is 0 Å². The van der Waals surface area contributed by atoms with Gasteiger partial charge in [-0.05, 0) is 43.4 Å². The minimum absolute atomic E-state index is 0.0637. The Morgan fingerprint density at radius 3 is 2.79 bits per heavy atom. The zero-order valence-electron chi connectivity index (χ0n) is 11.5. The lowest BCUT2D eigenvalue weighted by molar-refractivity contribution is -0.122. The number of carbonyl (C=O) groups is 1. The molecule has 4 nitrogen and oxygen atoms in total. The molecule has 0 aromatic heterocycles. The smallest absolute Gasteiger partial charge is 0.224 e. The largest absolute Gasteiger partial charge is 0.496 e. The number of aryl methyl sites for hydroxylation is 1. The molecule has 19 heavy (non-hydrogen) atoms. The maximum Gasteiger partial charge on any atom is 0.224 e. The van der Waals surface area contributed by atoms with E-state index in [1.807, 2.05) is 25.1 Å². The van der Waals surface area contributed by atoms with E-state index in [0.717, 1.165) is 36.1 Å². The second kappa shape index (κ2) is 5.61. The first kappa shape index (κ1) is 13.9. The molecule has 1 saturated carbocycles. The van der Waals surface area contributed by atoms with Crippen molar-refractivity contribution in [3.63, 3.8) is 0 Å². The van der Waals surface area contributed by atoms with Gasteiger partial charge < -0.3 is 15.2 Å². The summed E-state index contributed by atoms with van der Waals surface area (Å²) in [5.74, 6) is 0.731. The van der Waals surface area contributed by atoms with Crippen LogP contribution in [0.2, 0.25) is 0 Å². The average molecular weight is 263 g/mol. The minimum atomic E-state index is -0.666. The van der Waals surface area contributed by atoms with Crippen molar-refractivity contribution in [2.75, 3.05) is 13.7 Å². The molecule has 1 aromatic carbocycles. The fraction of sp³-hybridized carbons (Fsp3) is 0.533. The van der Waals surface area contributed by atoms with Gasteiger partial charge in [0, 0.05) is 6.54 Å². The molecule has 104 valence electrons. The highest BCUT2D eigenvalue weighted by atomic mass is 16.5. The van der Waals surface area contributed by atoms with E-state index in [-0.39, 0.29) is 5.91 Å². The van der Waals surface area contributed by atoms with Gasteiger partial charge in [-0.3, -0.25) is 4.79 Å². The minimum Gasteiger partial charge on any atom is -0.496 e. The van der Waals surface area contributed by atoms with Gasteiger partial charge in [-0.1, -0.05) is 12.1 Å². The maximum atomic E-state index is 11.8. The van der Waals surface area contributed by atoms with Crippen molar-refractivity contribution in [1.82, 2.24) is 5.32 Å². The van der Waals surface area contributed by atoms with E-state index < -0.39 is 5.60 Å². The van der Waals surface area contributed by atoms with Crippen molar-refractivity contribution >= 4 is 5.91 Å². The lowest BCUT2D eigenvalue weighted by Crippen LogP contribution is -2.48. The van der Waals surface area contributed by atoms with E-state index in [1.165, 1.54) is 0 Å². The number of aliphatic hydroxyl groups is 1. The molecule has 0 radical (unpaired) electrons. The van der Waals surface area contributed by atoms with Crippen LogP contribution in [0.25, 0.3) is 0 Å².